The average molecular weight is 789 g/mol. The lowest BCUT2D eigenvalue weighted by Gasteiger charge is -2.55. The van der Waals surface area contributed by atoms with Gasteiger partial charge in [0.25, 0.3) is 0 Å². The second-order valence-electron chi connectivity index (χ2n) is 9.25. The molecule has 4 saturated carbocycles. The van der Waals surface area contributed by atoms with Gasteiger partial charge in [-0.3, -0.25) is 0 Å². The number of benzene rings is 2. The van der Waals surface area contributed by atoms with E-state index in [0.29, 0.717) is 23.1 Å². The Morgan fingerprint density at radius 2 is 1.47 bits per heavy atom. The lowest BCUT2D eigenvalue weighted by molar-refractivity contribution is -0.00373. The van der Waals surface area contributed by atoms with Crippen LogP contribution in [0.4, 0.5) is 0 Å². The third-order valence-corrected chi connectivity index (χ3v) is 10.4. The molecule has 0 aromatic heterocycles. The third-order valence-electron chi connectivity index (χ3n) is 7.26. The predicted molar refractivity (Wildman–Crippen MR) is 144 cm³/mol. The number of hydrogen-bond acceptors (Lipinski definition) is 5. The van der Waals surface area contributed by atoms with Gasteiger partial charge in [-0.15, -0.1) is 0 Å². The molecule has 2 aromatic rings. The maximum Gasteiger partial charge on any atom is 0.343 e. The van der Waals surface area contributed by atoms with Crippen molar-refractivity contribution >= 4 is 83.9 Å². The second kappa shape index (κ2) is 8.90. The fourth-order valence-corrected chi connectivity index (χ4v) is 10.9. The number of rotatable bonds is 4. The number of ether oxygens (including phenoxy) is 1. The Morgan fingerprint density at radius 3 is 2.00 bits per heavy atom. The van der Waals surface area contributed by atoms with Gasteiger partial charge in [0.2, 0.25) is 0 Å². The van der Waals surface area contributed by atoms with Crippen LogP contribution in [0.3, 0.4) is 0 Å². The van der Waals surface area contributed by atoms with E-state index in [1.54, 1.807) is 6.07 Å². The van der Waals surface area contributed by atoms with E-state index >= 15 is 0 Å². The van der Waals surface area contributed by atoms with Crippen LogP contribution in [0, 0.1) is 34.4 Å². The number of halogens is 3. The van der Waals surface area contributed by atoms with Gasteiger partial charge in [-0.25, -0.2) is 13.2 Å². The molecule has 0 amide bonds. The molecule has 0 N–H and O–H groups in total. The van der Waals surface area contributed by atoms with Crippen molar-refractivity contribution in [2.24, 2.45) is 23.7 Å². The van der Waals surface area contributed by atoms with Crippen molar-refractivity contribution in [2.75, 3.05) is 0 Å². The molecule has 4 bridgehead atoms. The molecule has 0 spiro atoms. The number of hydrogen-bond donors (Lipinski definition) is 0. The summed E-state index contributed by atoms with van der Waals surface area (Å²) in [6, 6.07) is 8.19. The van der Waals surface area contributed by atoms with Gasteiger partial charge >= 0.3 is 5.97 Å². The molecule has 0 atom stereocenters. The Labute approximate surface area is 228 Å². The number of carbonyl (C=O) groups excluding carboxylic acids is 1. The Hall–Kier alpha value is 0.01000. The fourth-order valence-electron chi connectivity index (χ4n) is 6.37. The van der Waals surface area contributed by atoms with E-state index in [2.05, 4.69) is 67.8 Å². The molecule has 5 nitrogen and oxygen atoms in total. The van der Waals surface area contributed by atoms with Gasteiger partial charge in [0.15, 0.2) is 5.75 Å². The van der Waals surface area contributed by atoms with Crippen molar-refractivity contribution in [2.45, 2.75) is 42.9 Å². The Kier molecular flexibility index (Phi) is 6.60. The van der Waals surface area contributed by atoms with E-state index in [-0.39, 0.29) is 16.4 Å². The largest absolute Gasteiger partial charge is 0.744 e. The van der Waals surface area contributed by atoms with Gasteiger partial charge in [0, 0.05) is 3.57 Å². The standard InChI is InChI=1S/C23H21I3O5S/c24-16-9-18(25)22(19(26)10-16)31-23(27)13-1-2-20(32(28,29)30)17(8-13)21-14-4-11-3-12(6-14)7-15(21)5-11/h1-2,8-12,14-15,21H,3-7H2,(H,28,29,30)/p-1. The molecule has 6 rings (SSSR count). The summed E-state index contributed by atoms with van der Waals surface area (Å²) in [5.74, 6) is 2.19. The highest BCUT2D eigenvalue weighted by molar-refractivity contribution is 14.1. The molecule has 4 fully saturated rings. The van der Waals surface area contributed by atoms with Gasteiger partial charge in [-0.1, -0.05) is 0 Å². The summed E-state index contributed by atoms with van der Waals surface area (Å²) in [7, 11) is -4.64. The van der Waals surface area contributed by atoms with E-state index in [1.165, 1.54) is 18.6 Å². The van der Waals surface area contributed by atoms with Crippen LogP contribution in [0.25, 0.3) is 0 Å². The molecule has 0 heterocycles. The quantitative estimate of drug-likeness (QED) is 0.161. The molecular formula is C23H20I3O5S-. The molecule has 0 radical (unpaired) electrons. The van der Waals surface area contributed by atoms with E-state index < -0.39 is 16.1 Å². The molecule has 0 saturated heterocycles. The Bertz CT molecular complexity index is 1160. The maximum absolute atomic E-state index is 13.0. The normalized spacial score (nSPS) is 28.7. The molecule has 4 aliphatic carbocycles. The summed E-state index contributed by atoms with van der Waals surface area (Å²) in [5.41, 5.74) is 0.807. The minimum Gasteiger partial charge on any atom is -0.744 e. The molecule has 0 unspecified atom stereocenters. The van der Waals surface area contributed by atoms with E-state index in [1.807, 2.05) is 12.1 Å². The zero-order valence-electron chi connectivity index (χ0n) is 16.9. The van der Waals surface area contributed by atoms with Gasteiger partial charge < -0.3 is 9.29 Å². The predicted octanol–water partition coefficient (Wildman–Crippen LogP) is 6.16. The van der Waals surface area contributed by atoms with Crippen molar-refractivity contribution in [1.29, 1.82) is 0 Å². The van der Waals surface area contributed by atoms with Crippen LogP contribution >= 0.6 is 67.8 Å². The van der Waals surface area contributed by atoms with Crippen LogP contribution in [0.5, 0.6) is 5.75 Å². The third kappa shape index (κ3) is 4.49. The zero-order valence-corrected chi connectivity index (χ0v) is 24.2. The summed E-state index contributed by atoms with van der Waals surface area (Å²) in [6.45, 7) is 0. The first-order valence-electron chi connectivity index (χ1n) is 10.6. The summed E-state index contributed by atoms with van der Waals surface area (Å²) >= 11 is 6.49. The van der Waals surface area contributed by atoms with E-state index in [0.717, 1.165) is 48.2 Å². The highest BCUT2D eigenvalue weighted by Gasteiger charge is 2.49. The first kappa shape index (κ1) is 23.7. The molecule has 0 aliphatic heterocycles. The van der Waals surface area contributed by atoms with E-state index in [9.17, 15) is 17.8 Å². The van der Waals surface area contributed by atoms with Crippen LogP contribution in [-0.2, 0) is 10.1 Å². The smallest absolute Gasteiger partial charge is 0.343 e. The monoisotopic (exact) mass is 789 g/mol. The molecule has 2 aromatic carbocycles. The molecular weight excluding hydrogens is 769 g/mol. The summed E-state index contributed by atoms with van der Waals surface area (Å²) in [5, 5.41) is 0. The molecule has 170 valence electrons. The highest BCUT2D eigenvalue weighted by atomic mass is 127. The number of esters is 1. The first-order valence-corrected chi connectivity index (χ1v) is 15.2. The molecule has 9 heteroatoms. The van der Waals surface area contributed by atoms with Gasteiger partial charge in [0.05, 0.1) is 17.6 Å². The SMILES string of the molecule is O=C(Oc1c(I)cc(I)cc1I)c1ccc(S(=O)(=O)[O-])c(C2C3CC4CC(C3)CC2C4)c1. The van der Waals surface area contributed by atoms with Gasteiger partial charge in [-0.05, 0) is 165 Å². The van der Waals surface area contributed by atoms with Crippen molar-refractivity contribution in [3.8, 4) is 5.75 Å². The lowest BCUT2D eigenvalue weighted by Crippen LogP contribution is -2.44. The van der Waals surface area contributed by atoms with Crippen LogP contribution in [0.15, 0.2) is 35.2 Å². The van der Waals surface area contributed by atoms with E-state index in [4.69, 9.17) is 4.74 Å². The summed E-state index contributed by atoms with van der Waals surface area (Å²) in [6.07, 6.45) is 5.63. The Balaban J connectivity index is 1.52. The topological polar surface area (TPSA) is 83.5 Å². The Morgan fingerprint density at radius 1 is 0.906 bits per heavy atom. The van der Waals surface area contributed by atoms with Crippen molar-refractivity contribution in [1.82, 2.24) is 0 Å². The first-order chi connectivity index (χ1) is 15.1. The minimum absolute atomic E-state index is 0.0212. The number of carbonyl (C=O) groups is 1. The second-order valence-corrected chi connectivity index (χ2v) is 14.2. The van der Waals surface area contributed by atoms with Crippen molar-refractivity contribution in [3.05, 3.63) is 52.2 Å². The van der Waals surface area contributed by atoms with Gasteiger partial charge in [0.1, 0.15) is 10.1 Å². The molecule has 4 aliphatic rings. The van der Waals surface area contributed by atoms with Crippen LogP contribution in [0.2, 0.25) is 0 Å². The van der Waals surface area contributed by atoms with Crippen LogP contribution in [0.1, 0.15) is 53.9 Å². The average Bonchev–Trinajstić information content (AvgIpc) is 2.69. The lowest BCUT2D eigenvalue weighted by atomic mass is 9.50. The van der Waals surface area contributed by atoms with Crippen LogP contribution < -0.4 is 4.74 Å². The highest BCUT2D eigenvalue weighted by Crippen LogP contribution is 2.60. The van der Waals surface area contributed by atoms with Crippen molar-refractivity contribution < 1.29 is 22.5 Å². The molecule has 32 heavy (non-hydrogen) atoms. The fraction of sp³-hybridized carbons (Fsp3) is 0.435. The maximum atomic E-state index is 13.0. The summed E-state index contributed by atoms with van der Waals surface area (Å²) in [4.78, 5) is 12.9. The van der Waals surface area contributed by atoms with Gasteiger partial charge in [-0.2, -0.15) is 0 Å². The summed E-state index contributed by atoms with van der Waals surface area (Å²) < 4.78 is 44.7. The van der Waals surface area contributed by atoms with Crippen molar-refractivity contribution in [3.63, 3.8) is 0 Å². The van der Waals surface area contributed by atoms with Crippen LogP contribution in [-0.4, -0.2) is 18.9 Å². The minimum atomic E-state index is -4.64. The zero-order chi connectivity index (χ0) is 22.8.